The van der Waals surface area contributed by atoms with Crippen LogP contribution in [-0.2, 0) is 24.4 Å². The highest BCUT2D eigenvalue weighted by Crippen LogP contribution is 2.42. The first kappa shape index (κ1) is 20.3. The molecule has 0 amide bonds. The largest absolute Gasteiger partial charge is 0.364 e. The highest BCUT2D eigenvalue weighted by Gasteiger charge is 2.58. The fourth-order valence-electron chi connectivity index (χ4n) is 3.97. The van der Waals surface area contributed by atoms with E-state index in [2.05, 4.69) is 0 Å². The second kappa shape index (κ2) is 7.04. The third-order valence-electron chi connectivity index (χ3n) is 5.51. The maximum absolute atomic E-state index is 14.3. The maximum Gasteiger partial charge on any atom is 0.188 e. The summed E-state index contributed by atoms with van der Waals surface area (Å²) in [5, 5.41) is -2.75. The Kier molecular flexibility index (Phi) is 4.91. The Hall–Kier alpha value is -2.03. The van der Waals surface area contributed by atoms with Gasteiger partial charge in [0.1, 0.15) is 21.2 Å². The number of hydrogen-bond donors (Lipinski definition) is 0. The van der Waals surface area contributed by atoms with E-state index in [1.54, 1.807) is 24.3 Å². The van der Waals surface area contributed by atoms with Crippen molar-refractivity contribution in [2.24, 2.45) is 0 Å². The van der Waals surface area contributed by atoms with Gasteiger partial charge in [-0.25, -0.2) is 21.2 Å². The van der Waals surface area contributed by atoms with Crippen LogP contribution in [0.4, 0.5) is 4.39 Å². The van der Waals surface area contributed by atoms with Crippen LogP contribution in [0.25, 0.3) is 0 Å². The van der Waals surface area contributed by atoms with Crippen LogP contribution in [0.15, 0.2) is 70.5 Å². The summed E-state index contributed by atoms with van der Waals surface area (Å²) >= 11 is 0. The summed E-state index contributed by atoms with van der Waals surface area (Å²) in [6.45, 7) is 3.99. The Morgan fingerprint density at radius 1 is 0.828 bits per heavy atom. The molecule has 0 saturated carbocycles. The first-order valence-corrected chi connectivity index (χ1v) is 12.4. The van der Waals surface area contributed by atoms with Crippen LogP contribution in [0.2, 0.25) is 0 Å². The maximum atomic E-state index is 14.3. The van der Waals surface area contributed by atoms with Crippen molar-refractivity contribution in [2.45, 2.75) is 52.3 Å². The molecule has 3 unspecified atom stereocenters. The monoisotopic (exact) mass is 436 g/mol. The van der Waals surface area contributed by atoms with Gasteiger partial charge in [-0.05, 0) is 35.7 Å². The number of halogens is 1. The standard InChI is InChI=1S/C21H21FO5S2/c1-13(2)14-7-9-15(10-8-14)28(23,24)20-17-11-12-18(27-17)21(20)29(25,26)19-6-4-3-5-16(19)22/h3-13,17-18,20-21H,1-2H3/t17?,18?,20?,21-/m1/s1. The van der Waals surface area contributed by atoms with Gasteiger partial charge in [-0.3, -0.25) is 0 Å². The van der Waals surface area contributed by atoms with Crippen molar-refractivity contribution in [1.82, 2.24) is 0 Å². The first-order chi connectivity index (χ1) is 13.6. The lowest BCUT2D eigenvalue weighted by atomic mass is 10.0. The summed E-state index contributed by atoms with van der Waals surface area (Å²) in [6.07, 6.45) is 1.30. The van der Waals surface area contributed by atoms with Crippen molar-refractivity contribution in [3.63, 3.8) is 0 Å². The van der Waals surface area contributed by atoms with Gasteiger partial charge < -0.3 is 4.74 Å². The number of hydrogen-bond acceptors (Lipinski definition) is 5. The van der Waals surface area contributed by atoms with E-state index in [1.807, 2.05) is 13.8 Å². The van der Waals surface area contributed by atoms with E-state index in [0.29, 0.717) is 0 Å². The minimum Gasteiger partial charge on any atom is -0.364 e. The second-order valence-corrected chi connectivity index (χ2v) is 11.8. The molecule has 0 aliphatic carbocycles. The summed E-state index contributed by atoms with van der Waals surface area (Å²) in [6, 6.07) is 11.4. The summed E-state index contributed by atoms with van der Waals surface area (Å²) in [7, 11) is -8.34. The molecule has 2 aromatic rings. The van der Waals surface area contributed by atoms with Crippen LogP contribution >= 0.6 is 0 Å². The second-order valence-electron chi connectivity index (χ2n) is 7.62. The molecule has 8 heteroatoms. The average Bonchev–Trinajstić information content (AvgIpc) is 3.30. The Morgan fingerprint density at radius 2 is 1.38 bits per heavy atom. The zero-order valence-electron chi connectivity index (χ0n) is 15.9. The number of rotatable bonds is 5. The van der Waals surface area contributed by atoms with Gasteiger partial charge >= 0.3 is 0 Å². The molecule has 154 valence electrons. The SMILES string of the molecule is CC(C)c1ccc(S(=O)(=O)C2C3C=CC(O3)[C@H]2S(=O)(=O)c2ccccc2F)cc1. The molecule has 0 spiro atoms. The third kappa shape index (κ3) is 3.23. The Labute approximate surface area is 170 Å². The molecule has 2 aliphatic rings. The number of sulfone groups is 2. The molecule has 0 N–H and O–H groups in total. The number of benzene rings is 2. The molecule has 1 fully saturated rings. The van der Waals surface area contributed by atoms with Gasteiger partial charge in [0, 0.05) is 0 Å². The minimum atomic E-state index is -4.29. The molecular weight excluding hydrogens is 415 g/mol. The van der Waals surface area contributed by atoms with E-state index >= 15 is 0 Å². The molecular formula is C21H21FO5S2. The van der Waals surface area contributed by atoms with Crippen molar-refractivity contribution in [1.29, 1.82) is 0 Å². The van der Waals surface area contributed by atoms with Gasteiger partial charge in [-0.2, -0.15) is 0 Å². The molecule has 4 atom stereocenters. The minimum absolute atomic E-state index is 0.0326. The summed E-state index contributed by atoms with van der Waals surface area (Å²) in [4.78, 5) is -0.477. The van der Waals surface area contributed by atoms with Gasteiger partial charge in [-0.1, -0.05) is 50.3 Å². The predicted molar refractivity (Wildman–Crippen MR) is 107 cm³/mol. The smallest absolute Gasteiger partial charge is 0.188 e. The van der Waals surface area contributed by atoms with Crippen molar-refractivity contribution in [3.05, 3.63) is 72.1 Å². The molecule has 2 aromatic carbocycles. The van der Waals surface area contributed by atoms with Gasteiger partial charge in [0.2, 0.25) is 0 Å². The highest BCUT2D eigenvalue weighted by molar-refractivity contribution is 7.96. The molecule has 2 aliphatic heterocycles. The van der Waals surface area contributed by atoms with Crippen molar-refractivity contribution >= 4 is 19.7 Å². The molecule has 5 nitrogen and oxygen atoms in total. The normalized spacial score (nSPS) is 26.3. The molecule has 2 heterocycles. The van der Waals surface area contributed by atoms with Crippen LogP contribution < -0.4 is 0 Å². The zero-order valence-corrected chi connectivity index (χ0v) is 17.5. The average molecular weight is 437 g/mol. The van der Waals surface area contributed by atoms with Crippen LogP contribution in [0.5, 0.6) is 0 Å². The van der Waals surface area contributed by atoms with Crippen LogP contribution in [0.3, 0.4) is 0 Å². The molecule has 29 heavy (non-hydrogen) atoms. The van der Waals surface area contributed by atoms with E-state index < -0.39 is 53.1 Å². The van der Waals surface area contributed by atoms with Gasteiger partial charge in [0.15, 0.2) is 19.7 Å². The van der Waals surface area contributed by atoms with E-state index in [-0.39, 0.29) is 10.8 Å². The molecule has 2 bridgehead atoms. The van der Waals surface area contributed by atoms with Gasteiger partial charge in [-0.15, -0.1) is 0 Å². The molecule has 1 saturated heterocycles. The Balaban J connectivity index is 1.80. The van der Waals surface area contributed by atoms with Crippen molar-refractivity contribution in [3.8, 4) is 0 Å². The fraction of sp³-hybridized carbons (Fsp3) is 0.333. The Morgan fingerprint density at radius 3 is 1.93 bits per heavy atom. The lowest BCUT2D eigenvalue weighted by molar-refractivity contribution is 0.121. The van der Waals surface area contributed by atoms with Gasteiger partial charge in [0.05, 0.1) is 17.1 Å². The van der Waals surface area contributed by atoms with E-state index in [9.17, 15) is 21.2 Å². The lowest BCUT2D eigenvalue weighted by Crippen LogP contribution is -2.45. The topological polar surface area (TPSA) is 77.5 Å². The zero-order chi connectivity index (χ0) is 21.0. The fourth-order valence-corrected chi connectivity index (χ4v) is 8.61. The van der Waals surface area contributed by atoms with E-state index in [0.717, 1.165) is 17.7 Å². The summed E-state index contributed by atoms with van der Waals surface area (Å²) in [5.74, 6) is -0.675. The molecule has 4 rings (SSSR count). The predicted octanol–water partition coefficient (Wildman–Crippen LogP) is 3.27. The van der Waals surface area contributed by atoms with E-state index in [4.69, 9.17) is 4.74 Å². The molecule has 0 aromatic heterocycles. The van der Waals surface area contributed by atoms with Gasteiger partial charge in [0.25, 0.3) is 0 Å². The van der Waals surface area contributed by atoms with Crippen LogP contribution in [-0.4, -0.2) is 39.5 Å². The molecule has 0 radical (unpaired) electrons. The first-order valence-electron chi connectivity index (χ1n) is 9.30. The summed E-state index contributed by atoms with van der Waals surface area (Å²) in [5.41, 5.74) is 0.976. The quantitative estimate of drug-likeness (QED) is 0.673. The number of fused-ring (bicyclic) bond motifs is 2. The Bertz CT molecular complexity index is 1170. The number of ether oxygens (including phenoxy) is 1. The van der Waals surface area contributed by atoms with Crippen molar-refractivity contribution < 1.29 is 26.0 Å². The third-order valence-corrected chi connectivity index (χ3v) is 10.1. The van der Waals surface area contributed by atoms with E-state index in [1.165, 1.54) is 24.3 Å². The van der Waals surface area contributed by atoms with Crippen molar-refractivity contribution in [2.75, 3.05) is 0 Å². The summed E-state index contributed by atoms with van der Waals surface area (Å²) < 4.78 is 73.2. The van der Waals surface area contributed by atoms with Crippen LogP contribution in [0, 0.1) is 5.82 Å². The van der Waals surface area contributed by atoms with Crippen LogP contribution in [0.1, 0.15) is 25.3 Å². The lowest BCUT2D eigenvalue weighted by Gasteiger charge is -2.25. The highest BCUT2D eigenvalue weighted by atomic mass is 32.2.